The fourth-order valence-corrected chi connectivity index (χ4v) is 3.27. The van der Waals surface area contributed by atoms with Gasteiger partial charge in [0.1, 0.15) is 17.7 Å². The summed E-state index contributed by atoms with van der Waals surface area (Å²) in [6.45, 7) is 7.21. The lowest BCUT2D eigenvalue weighted by atomic mass is 10.1. The number of carboxylic acids is 1. The first-order valence-corrected chi connectivity index (χ1v) is 9.14. The molecule has 0 radical (unpaired) electrons. The summed E-state index contributed by atoms with van der Waals surface area (Å²) >= 11 is 0. The first kappa shape index (κ1) is 19.3. The number of piperazine rings is 1. The molecule has 27 heavy (non-hydrogen) atoms. The maximum Gasteiger partial charge on any atom is 0.335 e. The van der Waals surface area contributed by atoms with E-state index in [-0.39, 0.29) is 17.5 Å². The Balaban J connectivity index is 1.81. The van der Waals surface area contributed by atoms with Gasteiger partial charge in [0.25, 0.3) is 0 Å². The van der Waals surface area contributed by atoms with Gasteiger partial charge in [0.15, 0.2) is 0 Å². The highest BCUT2D eigenvalue weighted by atomic mass is 19.1. The second-order valence-electron chi connectivity index (χ2n) is 7.06. The standard InChI is InChI=1S/C21H25FN2O3/c1-14-3-4-17(11-19(14)22)20(13-24-10-9-23-15(2)12-24)27-18-7-5-16(6-8-18)21(25)26/h3-8,11,15,20,23H,9-10,12-13H2,1-2H3,(H,25,26)/t15-,20-/m1/s1. The van der Waals surface area contributed by atoms with E-state index in [1.54, 1.807) is 25.1 Å². The number of nitrogens with one attached hydrogen (secondary N) is 1. The van der Waals surface area contributed by atoms with Crippen molar-refractivity contribution in [3.8, 4) is 5.75 Å². The molecule has 2 N–H and O–H groups in total. The Labute approximate surface area is 158 Å². The second kappa shape index (κ2) is 8.50. The van der Waals surface area contributed by atoms with Crippen LogP contribution < -0.4 is 10.1 Å². The third-order valence-corrected chi connectivity index (χ3v) is 4.82. The lowest BCUT2D eigenvalue weighted by Gasteiger charge is -2.34. The summed E-state index contributed by atoms with van der Waals surface area (Å²) in [5.74, 6) is -0.668. The molecular formula is C21H25FN2O3. The van der Waals surface area contributed by atoms with E-state index in [9.17, 15) is 9.18 Å². The highest BCUT2D eigenvalue weighted by Crippen LogP contribution is 2.25. The topological polar surface area (TPSA) is 61.8 Å². The predicted octanol–water partition coefficient (Wildman–Crippen LogP) is 3.25. The Morgan fingerprint density at radius 3 is 2.70 bits per heavy atom. The van der Waals surface area contributed by atoms with E-state index in [0.717, 1.165) is 25.2 Å². The van der Waals surface area contributed by atoms with Gasteiger partial charge in [-0.05, 0) is 55.3 Å². The molecule has 1 saturated heterocycles. The van der Waals surface area contributed by atoms with Gasteiger partial charge in [-0.15, -0.1) is 0 Å². The number of hydrogen-bond acceptors (Lipinski definition) is 4. The Hall–Kier alpha value is -2.44. The largest absolute Gasteiger partial charge is 0.484 e. The Bertz CT molecular complexity index is 795. The van der Waals surface area contributed by atoms with Crippen LogP contribution in [0.2, 0.25) is 0 Å². The minimum atomic E-state index is -0.978. The van der Waals surface area contributed by atoms with Crippen molar-refractivity contribution in [1.82, 2.24) is 10.2 Å². The van der Waals surface area contributed by atoms with E-state index >= 15 is 0 Å². The van der Waals surface area contributed by atoms with Gasteiger partial charge >= 0.3 is 5.97 Å². The third-order valence-electron chi connectivity index (χ3n) is 4.82. The SMILES string of the molecule is Cc1ccc([C@@H](CN2CCN[C@H](C)C2)Oc2ccc(C(=O)O)cc2)cc1F. The molecule has 1 heterocycles. The fourth-order valence-electron chi connectivity index (χ4n) is 3.27. The number of carbonyl (C=O) groups is 1. The number of ether oxygens (including phenoxy) is 1. The monoisotopic (exact) mass is 372 g/mol. The highest BCUT2D eigenvalue weighted by Gasteiger charge is 2.23. The van der Waals surface area contributed by atoms with Crippen LogP contribution in [0.15, 0.2) is 42.5 Å². The number of nitrogens with zero attached hydrogens (tertiary/aromatic N) is 1. The average Bonchev–Trinajstić information content (AvgIpc) is 2.64. The zero-order chi connectivity index (χ0) is 19.4. The molecule has 144 valence electrons. The molecule has 1 fully saturated rings. The first-order valence-electron chi connectivity index (χ1n) is 9.14. The van der Waals surface area contributed by atoms with Gasteiger partial charge in [-0.3, -0.25) is 4.90 Å². The van der Waals surface area contributed by atoms with Gasteiger partial charge in [-0.1, -0.05) is 12.1 Å². The van der Waals surface area contributed by atoms with E-state index in [1.165, 1.54) is 18.2 Å². The molecule has 0 saturated carbocycles. The summed E-state index contributed by atoms with van der Waals surface area (Å²) in [6, 6.07) is 11.9. The molecule has 3 rings (SSSR count). The minimum Gasteiger partial charge on any atom is -0.484 e. The van der Waals surface area contributed by atoms with Crippen LogP contribution in [0.5, 0.6) is 5.75 Å². The molecule has 0 spiro atoms. The van der Waals surface area contributed by atoms with Crippen LogP contribution in [0.1, 0.15) is 34.5 Å². The average molecular weight is 372 g/mol. The van der Waals surface area contributed by atoms with E-state index in [0.29, 0.717) is 23.9 Å². The summed E-state index contributed by atoms with van der Waals surface area (Å²) in [6.07, 6.45) is -0.346. The minimum absolute atomic E-state index is 0.205. The maximum absolute atomic E-state index is 14.1. The molecule has 2 atom stereocenters. The van der Waals surface area contributed by atoms with Crippen molar-refractivity contribution in [2.75, 3.05) is 26.2 Å². The smallest absolute Gasteiger partial charge is 0.335 e. The summed E-state index contributed by atoms with van der Waals surface area (Å²) < 4.78 is 20.3. The summed E-state index contributed by atoms with van der Waals surface area (Å²) in [5.41, 5.74) is 1.57. The first-order chi connectivity index (χ1) is 12.9. The Morgan fingerprint density at radius 1 is 1.33 bits per heavy atom. The normalized spacial score (nSPS) is 18.9. The highest BCUT2D eigenvalue weighted by molar-refractivity contribution is 5.87. The summed E-state index contributed by atoms with van der Waals surface area (Å²) in [4.78, 5) is 13.3. The van der Waals surface area contributed by atoms with Crippen LogP contribution in [0.4, 0.5) is 4.39 Å². The fraction of sp³-hybridized carbons (Fsp3) is 0.381. The molecule has 6 heteroatoms. The van der Waals surface area contributed by atoms with Crippen LogP contribution in [0.3, 0.4) is 0 Å². The number of carboxylic acid groups (broad SMARTS) is 1. The summed E-state index contributed by atoms with van der Waals surface area (Å²) in [7, 11) is 0. The Morgan fingerprint density at radius 2 is 2.07 bits per heavy atom. The van der Waals surface area contributed by atoms with Crippen LogP contribution in [0, 0.1) is 12.7 Å². The van der Waals surface area contributed by atoms with Crippen molar-refractivity contribution in [2.24, 2.45) is 0 Å². The van der Waals surface area contributed by atoms with Crippen LogP contribution >= 0.6 is 0 Å². The van der Waals surface area contributed by atoms with Crippen molar-refractivity contribution < 1.29 is 19.0 Å². The number of halogens is 1. The third kappa shape index (κ3) is 5.05. The zero-order valence-electron chi connectivity index (χ0n) is 15.6. The van der Waals surface area contributed by atoms with E-state index in [4.69, 9.17) is 9.84 Å². The molecule has 0 aromatic heterocycles. The van der Waals surface area contributed by atoms with Crippen molar-refractivity contribution >= 4 is 5.97 Å². The Kier molecular flexibility index (Phi) is 6.08. The maximum atomic E-state index is 14.1. The lowest BCUT2D eigenvalue weighted by molar-refractivity contribution is 0.0696. The molecule has 1 aliphatic heterocycles. The van der Waals surface area contributed by atoms with Gasteiger partial charge < -0.3 is 15.2 Å². The predicted molar refractivity (Wildman–Crippen MR) is 102 cm³/mol. The van der Waals surface area contributed by atoms with Gasteiger partial charge in [-0.2, -0.15) is 0 Å². The second-order valence-corrected chi connectivity index (χ2v) is 7.06. The van der Waals surface area contributed by atoms with Gasteiger partial charge in [0.05, 0.1) is 5.56 Å². The number of hydrogen-bond donors (Lipinski definition) is 2. The molecule has 2 aromatic rings. The van der Waals surface area contributed by atoms with Gasteiger partial charge in [0.2, 0.25) is 0 Å². The molecule has 1 aliphatic rings. The van der Waals surface area contributed by atoms with E-state index < -0.39 is 5.97 Å². The lowest BCUT2D eigenvalue weighted by Crippen LogP contribution is -2.50. The van der Waals surface area contributed by atoms with Gasteiger partial charge in [0, 0.05) is 32.2 Å². The number of aryl methyl sites for hydroxylation is 1. The van der Waals surface area contributed by atoms with Crippen LogP contribution in [-0.4, -0.2) is 48.2 Å². The number of rotatable bonds is 6. The molecule has 5 nitrogen and oxygen atoms in total. The molecule has 0 amide bonds. The van der Waals surface area contributed by atoms with Crippen LogP contribution in [-0.2, 0) is 0 Å². The molecule has 0 aliphatic carbocycles. The van der Waals surface area contributed by atoms with Crippen molar-refractivity contribution in [2.45, 2.75) is 26.0 Å². The zero-order valence-corrected chi connectivity index (χ0v) is 15.6. The number of benzene rings is 2. The van der Waals surface area contributed by atoms with Crippen LogP contribution in [0.25, 0.3) is 0 Å². The number of aromatic carboxylic acids is 1. The van der Waals surface area contributed by atoms with Crippen molar-refractivity contribution in [1.29, 1.82) is 0 Å². The molecule has 0 unspecified atom stereocenters. The molecule has 2 aromatic carbocycles. The summed E-state index contributed by atoms with van der Waals surface area (Å²) in [5, 5.41) is 12.4. The van der Waals surface area contributed by atoms with Crippen molar-refractivity contribution in [3.63, 3.8) is 0 Å². The van der Waals surface area contributed by atoms with E-state index in [1.807, 2.05) is 6.07 Å². The van der Waals surface area contributed by atoms with Gasteiger partial charge in [-0.25, -0.2) is 9.18 Å². The quantitative estimate of drug-likeness (QED) is 0.815. The molecular weight excluding hydrogens is 347 g/mol. The van der Waals surface area contributed by atoms with Crippen molar-refractivity contribution in [3.05, 3.63) is 65.0 Å². The molecule has 0 bridgehead atoms. The van der Waals surface area contributed by atoms with E-state index in [2.05, 4.69) is 17.1 Å².